The molecule has 1 rings (SSSR count). The van der Waals surface area contributed by atoms with Crippen molar-refractivity contribution < 1.29 is 8.42 Å². The third-order valence-corrected chi connectivity index (χ3v) is 3.41. The van der Waals surface area contributed by atoms with Gasteiger partial charge in [0.25, 0.3) is 0 Å². The van der Waals surface area contributed by atoms with E-state index >= 15 is 0 Å². The summed E-state index contributed by atoms with van der Waals surface area (Å²) in [4.78, 5) is 0. The minimum absolute atomic E-state index is 0.489. The Hall–Kier alpha value is -1.54. The van der Waals surface area contributed by atoms with Crippen LogP contribution in [0.4, 0.5) is 5.69 Å². The molecule has 0 aromatic heterocycles. The number of benzene rings is 1. The molecule has 15 heavy (non-hydrogen) atoms. The van der Waals surface area contributed by atoms with Crippen molar-refractivity contribution in [1.29, 1.82) is 5.26 Å². The van der Waals surface area contributed by atoms with Crippen molar-refractivity contribution in [2.45, 2.75) is 6.92 Å². The molecule has 0 bridgehead atoms. The lowest BCUT2D eigenvalue weighted by molar-refractivity contribution is 0.600. The van der Waals surface area contributed by atoms with Gasteiger partial charge in [0.1, 0.15) is 0 Å². The van der Waals surface area contributed by atoms with E-state index in [0.717, 1.165) is 16.1 Å². The Balaban J connectivity index is 3.25. The fourth-order valence-electron chi connectivity index (χ4n) is 1.12. The van der Waals surface area contributed by atoms with Gasteiger partial charge in [-0.2, -0.15) is 5.26 Å². The standard InChI is InChI=1S/C10H12N2O2S/c1-8-4-5-10(6-9(8)7-11)12(2)15(3,13)14/h4-6H,1-3H3. The molecule has 0 aliphatic carbocycles. The molecule has 0 saturated carbocycles. The third-order valence-electron chi connectivity index (χ3n) is 2.20. The topological polar surface area (TPSA) is 61.2 Å². The molecular weight excluding hydrogens is 212 g/mol. The molecule has 4 nitrogen and oxygen atoms in total. The van der Waals surface area contributed by atoms with Gasteiger partial charge in [0.15, 0.2) is 0 Å². The molecule has 0 fully saturated rings. The molecule has 80 valence electrons. The zero-order chi connectivity index (χ0) is 11.6. The second-order valence-corrected chi connectivity index (χ2v) is 5.36. The highest BCUT2D eigenvalue weighted by atomic mass is 32.2. The molecular formula is C10H12N2O2S. The predicted octanol–water partition coefficient (Wildman–Crippen LogP) is 1.26. The summed E-state index contributed by atoms with van der Waals surface area (Å²) in [5.74, 6) is 0. The molecule has 0 aliphatic heterocycles. The molecule has 0 aliphatic rings. The molecule has 0 atom stereocenters. The first-order valence-corrected chi connectivity index (χ1v) is 6.15. The second kappa shape index (κ2) is 3.91. The maximum Gasteiger partial charge on any atom is 0.231 e. The summed E-state index contributed by atoms with van der Waals surface area (Å²) in [6.07, 6.45) is 1.12. The van der Waals surface area contributed by atoms with E-state index < -0.39 is 10.0 Å². The van der Waals surface area contributed by atoms with E-state index in [1.54, 1.807) is 18.2 Å². The summed E-state index contributed by atoms with van der Waals surface area (Å²) < 4.78 is 23.7. The average Bonchev–Trinajstić information content (AvgIpc) is 2.16. The van der Waals surface area contributed by atoms with E-state index in [9.17, 15) is 8.42 Å². The van der Waals surface area contributed by atoms with Crippen molar-refractivity contribution in [2.24, 2.45) is 0 Å². The van der Waals surface area contributed by atoms with Crippen LogP contribution in [0, 0.1) is 18.3 Å². The average molecular weight is 224 g/mol. The van der Waals surface area contributed by atoms with Gasteiger partial charge in [-0.1, -0.05) is 6.07 Å². The number of sulfonamides is 1. The van der Waals surface area contributed by atoms with Gasteiger partial charge in [-0.25, -0.2) is 8.42 Å². The number of nitriles is 1. The highest BCUT2D eigenvalue weighted by molar-refractivity contribution is 7.92. The number of aryl methyl sites for hydroxylation is 1. The lowest BCUT2D eigenvalue weighted by Gasteiger charge is -2.16. The van der Waals surface area contributed by atoms with Crippen molar-refractivity contribution in [3.63, 3.8) is 0 Å². The van der Waals surface area contributed by atoms with Crippen molar-refractivity contribution in [3.8, 4) is 6.07 Å². The van der Waals surface area contributed by atoms with Gasteiger partial charge in [-0.3, -0.25) is 4.31 Å². The number of nitrogens with zero attached hydrogens (tertiary/aromatic N) is 2. The van der Waals surface area contributed by atoms with Gasteiger partial charge in [0, 0.05) is 7.05 Å². The number of hydrogen-bond donors (Lipinski definition) is 0. The number of hydrogen-bond acceptors (Lipinski definition) is 3. The summed E-state index contributed by atoms with van der Waals surface area (Å²) in [5, 5.41) is 8.81. The van der Waals surface area contributed by atoms with Crippen LogP contribution in [0.25, 0.3) is 0 Å². The third kappa shape index (κ3) is 2.48. The monoisotopic (exact) mass is 224 g/mol. The van der Waals surface area contributed by atoms with Crippen LogP contribution >= 0.6 is 0 Å². The Bertz CT molecular complexity index is 515. The van der Waals surface area contributed by atoms with E-state index in [1.165, 1.54) is 7.05 Å². The lowest BCUT2D eigenvalue weighted by Crippen LogP contribution is -2.24. The second-order valence-electron chi connectivity index (χ2n) is 3.34. The molecule has 0 N–H and O–H groups in total. The highest BCUT2D eigenvalue weighted by Gasteiger charge is 2.12. The fraction of sp³-hybridized carbons (Fsp3) is 0.300. The molecule has 1 aromatic carbocycles. The highest BCUT2D eigenvalue weighted by Crippen LogP contribution is 2.19. The van der Waals surface area contributed by atoms with Crippen LogP contribution in [0.2, 0.25) is 0 Å². The molecule has 5 heteroatoms. The quantitative estimate of drug-likeness (QED) is 0.759. The fourth-order valence-corrected chi connectivity index (χ4v) is 1.61. The van der Waals surface area contributed by atoms with Crippen molar-refractivity contribution in [2.75, 3.05) is 17.6 Å². The van der Waals surface area contributed by atoms with Gasteiger partial charge in [-0.05, 0) is 24.6 Å². The zero-order valence-electron chi connectivity index (χ0n) is 8.85. The summed E-state index contributed by atoms with van der Waals surface area (Å²) in [6, 6.07) is 7.00. The van der Waals surface area contributed by atoms with E-state index in [2.05, 4.69) is 0 Å². The van der Waals surface area contributed by atoms with Gasteiger partial charge >= 0.3 is 0 Å². The van der Waals surface area contributed by atoms with Crippen LogP contribution in [0.1, 0.15) is 11.1 Å². The summed E-state index contributed by atoms with van der Waals surface area (Å²) in [6.45, 7) is 1.81. The van der Waals surface area contributed by atoms with Crippen LogP contribution < -0.4 is 4.31 Å². The van der Waals surface area contributed by atoms with Gasteiger partial charge in [0.05, 0.1) is 23.6 Å². The van der Waals surface area contributed by atoms with Crippen LogP contribution in [0.5, 0.6) is 0 Å². The predicted molar refractivity (Wildman–Crippen MR) is 59.1 cm³/mol. The van der Waals surface area contributed by atoms with E-state index in [-0.39, 0.29) is 0 Å². The van der Waals surface area contributed by atoms with Crippen LogP contribution in [-0.4, -0.2) is 21.7 Å². The molecule has 0 spiro atoms. The zero-order valence-corrected chi connectivity index (χ0v) is 9.67. The first kappa shape index (κ1) is 11.5. The van der Waals surface area contributed by atoms with Gasteiger partial charge in [0.2, 0.25) is 10.0 Å². The lowest BCUT2D eigenvalue weighted by atomic mass is 10.1. The largest absolute Gasteiger partial charge is 0.273 e. The summed E-state index contributed by atoms with van der Waals surface area (Å²) >= 11 is 0. The normalized spacial score (nSPS) is 10.8. The Morgan fingerprint density at radius 3 is 2.47 bits per heavy atom. The van der Waals surface area contributed by atoms with E-state index in [0.29, 0.717) is 11.3 Å². The van der Waals surface area contributed by atoms with Gasteiger partial charge in [-0.15, -0.1) is 0 Å². The van der Waals surface area contributed by atoms with Crippen molar-refractivity contribution >= 4 is 15.7 Å². The van der Waals surface area contributed by atoms with Crippen LogP contribution in [0.3, 0.4) is 0 Å². The van der Waals surface area contributed by atoms with Gasteiger partial charge < -0.3 is 0 Å². The maximum atomic E-state index is 11.3. The summed E-state index contributed by atoms with van der Waals surface area (Å²) in [5.41, 5.74) is 1.82. The smallest absolute Gasteiger partial charge is 0.231 e. The molecule has 0 saturated heterocycles. The Morgan fingerprint density at radius 1 is 1.40 bits per heavy atom. The van der Waals surface area contributed by atoms with Crippen molar-refractivity contribution in [1.82, 2.24) is 0 Å². The molecule has 0 unspecified atom stereocenters. The molecule has 1 aromatic rings. The SMILES string of the molecule is Cc1ccc(N(C)S(C)(=O)=O)cc1C#N. The maximum absolute atomic E-state index is 11.3. The van der Waals surface area contributed by atoms with Crippen LogP contribution in [0.15, 0.2) is 18.2 Å². The Labute approximate surface area is 89.8 Å². The minimum atomic E-state index is -3.27. The minimum Gasteiger partial charge on any atom is -0.273 e. The first-order chi connectivity index (χ1) is 6.86. The van der Waals surface area contributed by atoms with Crippen molar-refractivity contribution in [3.05, 3.63) is 29.3 Å². The first-order valence-electron chi connectivity index (χ1n) is 4.31. The Morgan fingerprint density at radius 2 is 2.00 bits per heavy atom. The Kier molecular flexibility index (Phi) is 3.01. The molecule has 0 radical (unpaired) electrons. The molecule has 0 amide bonds. The van der Waals surface area contributed by atoms with E-state index in [1.807, 2.05) is 13.0 Å². The number of rotatable bonds is 2. The van der Waals surface area contributed by atoms with E-state index in [4.69, 9.17) is 5.26 Å². The number of anilines is 1. The van der Waals surface area contributed by atoms with Crippen LogP contribution in [-0.2, 0) is 10.0 Å². The summed E-state index contributed by atoms with van der Waals surface area (Å²) in [7, 11) is -1.81. The molecule has 0 heterocycles.